The van der Waals surface area contributed by atoms with Gasteiger partial charge in [-0.25, -0.2) is 0 Å². The molecule has 0 aliphatic heterocycles. The van der Waals surface area contributed by atoms with Crippen LogP contribution < -0.4 is 10.6 Å². The van der Waals surface area contributed by atoms with Gasteiger partial charge in [-0.15, -0.1) is 0 Å². The van der Waals surface area contributed by atoms with E-state index >= 15 is 0 Å². The molecule has 0 rings (SSSR count). The van der Waals surface area contributed by atoms with Gasteiger partial charge in [0.1, 0.15) is 6.29 Å². The summed E-state index contributed by atoms with van der Waals surface area (Å²) in [6.45, 7) is 10.1. The minimum Gasteiger partial charge on any atom is -0.348 e. The molecule has 15 heavy (non-hydrogen) atoms. The number of hydrogen-bond donors (Lipinski definition) is 2. The Morgan fingerprint density at radius 1 is 1.33 bits per heavy atom. The van der Waals surface area contributed by atoms with Crippen molar-refractivity contribution in [2.75, 3.05) is 6.54 Å². The third-order valence-electron chi connectivity index (χ3n) is 1.90. The first kappa shape index (κ1) is 14.1. The van der Waals surface area contributed by atoms with Crippen molar-refractivity contribution in [1.82, 2.24) is 10.6 Å². The van der Waals surface area contributed by atoms with Crippen molar-refractivity contribution in [2.24, 2.45) is 5.92 Å². The summed E-state index contributed by atoms with van der Waals surface area (Å²) in [5.74, 6) is 0.0721. The zero-order chi connectivity index (χ0) is 12.1. The minimum atomic E-state index is -0.259. The number of carbonyl (C=O) groups excluding carboxylic acids is 2. The first-order chi connectivity index (χ1) is 6.78. The van der Waals surface area contributed by atoms with Crippen molar-refractivity contribution >= 4 is 12.2 Å². The number of hydrogen-bond acceptors (Lipinski definition) is 3. The van der Waals surface area contributed by atoms with Crippen LogP contribution in [0.25, 0.3) is 0 Å². The van der Waals surface area contributed by atoms with Gasteiger partial charge in [0, 0.05) is 5.54 Å². The molecule has 88 valence electrons. The molecule has 0 saturated carbocycles. The summed E-state index contributed by atoms with van der Waals surface area (Å²) in [6.07, 6.45) is 0.687. The molecule has 0 aromatic heterocycles. The van der Waals surface area contributed by atoms with E-state index in [1.165, 1.54) is 0 Å². The topological polar surface area (TPSA) is 58.2 Å². The molecule has 0 aliphatic rings. The Hall–Kier alpha value is -0.900. The molecule has 0 aromatic carbocycles. The first-order valence-corrected chi connectivity index (χ1v) is 5.27. The van der Waals surface area contributed by atoms with E-state index in [1.807, 2.05) is 34.6 Å². The predicted molar refractivity (Wildman–Crippen MR) is 60.6 cm³/mol. The standard InChI is InChI=1S/C11H22N2O2/c1-8(2)9(13-11(3,4)5)10(15)12-6-7-14/h7-9,13H,6H2,1-5H3,(H,12,15). The largest absolute Gasteiger partial charge is 0.348 e. The third-order valence-corrected chi connectivity index (χ3v) is 1.90. The molecule has 1 atom stereocenters. The SMILES string of the molecule is CC(C)C(NC(C)(C)C)C(=O)NCC=O. The second-order valence-corrected chi connectivity index (χ2v) is 5.03. The van der Waals surface area contributed by atoms with Gasteiger partial charge in [-0.05, 0) is 26.7 Å². The molecule has 0 aliphatic carbocycles. The van der Waals surface area contributed by atoms with E-state index in [-0.39, 0.29) is 30.0 Å². The van der Waals surface area contributed by atoms with Crippen LogP contribution in [-0.2, 0) is 9.59 Å². The highest BCUT2D eigenvalue weighted by molar-refractivity contribution is 5.83. The average Bonchev–Trinajstić information content (AvgIpc) is 2.08. The minimum absolute atomic E-state index is 0.0773. The Bertz CT molecular complexity index is 219. The maximum Gasteiger partial charge on any atom is 0.237 e. The number of nitrogens with one attached hydrogen (secondary N) is 2. The van der Waals surface area contributed by atoms with Gasteiger partial charge in [0.05, 0.1) is 12.6 Å². The van der Waals surface area contributed by atoms with Crippen LogP contribution in [0.2, 0.25) is 0 Å². The van der Waals surface area contributed by atoms with Crippen LogP contribution in [0.5, 0.6) is 0 Å². The van der Waals surface area contributed by atoms with Gasteiger partial charge in [0.2, 0.25) is 5.91 Å². The summed E-state index contributed by atoms with van der Waals surface area (Å²) in [7, 11) is 0. The Kier molecular flexibility index (Phi) is 5.50. The van der Waals surface area contributed by atoms with Gasteiger partial charge in [-0.1, -0.05) is 13.8 Å². The van der Waals surface area contributed by atoms with Crippen molar-refractivity contribution in [3.05, 3.63) is 0 Å². The van der Waals surface area contributed by atoms with Crippen molar-refractivity contribution < 1.29 is 9.59 Å². The molecule has 1 amide bonds. The molecule has 4 heteroatoms. The molecule has 2 N–H and O–H groups in total. The molecule has 0 heterocycles. The van der Waals surface area contributed by atoms with Crippen molar-refractivity contribution in [3.63, 3.8) is 0 Å². The molecule has 4 nitrogen and oxygen atoms in total. The van der Waals surface area contributed by atoms with Crippen LogP contribution >= 0.6 is 0 Å². The Morgan fingerprint density at radius 3 is 2.20 bits per heavy atom. The number of amides is 1. The monoisotopic (exact) mass is 214 g/mol. The second-order valence-electron chi connectivity index (χ2n) is 5.03. The normalized spacial score (nSPS) is 13.7. The van der Waals surface area contributed by atoms with Crippen molar-refractivity contribution in [3.8, 4) is 0 Å². The lowest BCUT2D eigenvalue weighted by atomic mass is 9.99. The predicted octanol–water partition coefficient (Wildman–Crippen LogP) is 0.714. The van der Waals surface area contributed by atoms with Gasteiger partial charge in [-0.2, -0.15) is 0 Å². The second kappa shape index (κ2) is 5.85. The van der Waals surface area contributed by atoms with E-state index in [9.17, 15) is 9.59 Å². The molecular formula is C11H22N2O2. The number of aldehydes is 1. The zero-order valence-corrected chi connectivity index (χ0v) is 10.3. The molecule has 0 bridgehead atoms. The molecular weight excluding hydrogens is 192 g/mol. The summed E-state index contributed by atoms with van der Waals surface area (Å²) in [5, 5.41) is 5.80. The summed E-state index contributed by atoms with van der Waals surface area (Å²) >= 11 is 0. The quantitative estimate of drug-likeness (QED) is 0.663. The molecule has 0 spiro atoms. The maximum absolute atomic E-state index is 11.7. The molecule has 0 fully saturated rings. The van der Waals surface area contributed by atoms with Gasteiger partial charge < -0.3 is 15.4 Å². The fourth-order valence-electron chi connectivity index (χ4n) is 1.25. The highest BCUT2D eigenvalue weighted by Gasteiger charge is 2.25. The summed E-state index contributed by atoms with van der Waals surface area (Å²) in [6, 6.07) is -0.259. The summed E-state index contributed by atoms with van der Waals surface area (Å²) < 4.78 is 0. The van der Waals surface area contributed by atoms with Crippen molar-refractivity contribution in [1.29, 1.82) is 0 Å². The number of carbonyl (C=O) groups is 2. The Labute approximate surface area is 91.8 Å². The van der Waals surface area contributed by atoms with Crippen LogP contribution in [0.4, 0.5) is 0 Å². The highest BCUT2D eigenvalue weighted by atomic mass is 16.2. The third kappa shape index (κ3) is 6.23. The smallest absolute Gasteiger partial charge is 0.237 e. The van der Waals surface area contributed by atoms with E-state index < -0.39 is 0 Å². The average molecular weight is 214 g/mol. The Morgan fingerprint density at radius 2 is 1.87 bits per heavy atom. The Balaban J connectivity index is 4.39. The molecule has 0 saturated heterocycles. The fraction of sp³-hybridized carbons (Fsp3) is 0.818. The van der Waals surface area contributed by atoms with Crippen LogP contribution in [0.1, 0.15) is 34.6 Å². The van der Waals surface area contributed by atoms with Gasteiger partial charge >= 0.3 is 0 Å². The van der Waals surface area contributed by atoms with Crippen LogP contribution in [0, 0.1) is 5.92 Å². The lowest BCUT2D eigenvalue weighted by Gasteiger charge is -2.30. The van der Waals surface area contributed by atoms with Gasteiger partial charge in [0.25, 0.3) is 0 Å². The summed E-state index contributed by atoms with van der Waals surface area (Å²) in [5.41, 5.74) is -0.118. The van der Waals surface area contributed by atoms with Gasteiger partial charge in [0.15, 0.2) is 0 Å². The van der Waals surface area contributed by atoms with E-state index in [2.05, 4.69) is 10.6 Å². The van der Waals surface area contributed by atoms with Crippen LogP contribution in [0.3, 0.4) is 0 Å². The molecule has 0 aromatic rings. The molecule has 0 radical (unpaired) electrons. The van der Waals surface area contributed by atoms with E-state index in [1.54, 1.807) is 0 Å². The summed E-state index contributed by atoms with van der Waals surface area (Å²) in [4.78, 5) is 21.8. The van der Waals surface area contributed by atoms with Crippen molar-refractivity contribution in [2.45, 2.75) is 46.2 Å². The molecule has 1 unspecified atom stereocenters. The van der Waals surface area contributed by atoms with Crippen LogP contribution in [-0.4, -0.2) is 30.3 Å². The fourth-order valence-corrected chi connectivity index (χ4v) is 1.25. The number of rotatable bonds is 5. The highest BCUT2D eigenvalue weighted by Crippen LogP contribution is 2.08. The van der Waals surface area contributed by atoms with Gasteiger partial charge in [-0.3, -0.25) is 4.79 Å². The van der Waals surface area contributed by atoms with E-state index in [4.69, 9.17) is 0 Å². The lowest BCUT2D eigenvalue weighted by Crippen LogP contribution is -2.54. The first-order valence-electron chi connectivity index (χ1n) is 5.27. The van der Waals surface area contributed by atoms with E-state index in [0.29, 0.717) is 6.29 Å². The van der Waals surface area contributed by atoms with Crippen LogP contribution in [0.15, 0.2) is 0 Å². The van der Waals surface area contributed by atoms with E-state index in [0.717, 1.165) is 0 Å². The zero-order valence-electron chi connectivity index (χ0n) is 10.3. The maximum atomic E-state index is 11.7. The lowest BCUT2D eigenvalue weighted by molar-refractivity contribution is -0.125.